The van der Waals surface area contributed by atoms with Crippen molar-refractivity contribution in [1.82, 2.24) is 0 Å². The third-order valence-electron chi connectivity index (χ3n) is 2.13. The fourth-order valence-corrected chi connectivity index (χ4v) is 1.38. The van der Waals surface area contributed by atoms with Crippen LogP contribution in [0, 0.1) is 5.92 Å². The van der Waals surface area contributed by atoms with E-state index in [0.29, 0.717) is 5.92 Å². The summed E-state index contributed by atoms with van der Waals surface area (Å²) in [6.07, 6.45) is 11.7. The van der Waals surface area contributed by atoms with Crippen molar-refractivity contribution >= 4 is 6.21 Å². The number of hydrogen-bond acceptors (Lipinski definition) is 1. The lowest BCUT2D eigenvalue weighted by atomic mass is 9.96. The lowest BCUT2D eigenvalue weighted by Gasteiger charge is -2.10. The summed E-state index contributed by atoms with van der Waals surface area (Å²) >= 11 is 0. The molecule has 2 aliphatic rings. The van der Waals surface area contributed by atoms with Crippen molar-refractivity contribution in [3.8, 4) is 0 Å². The number of hydrogen-bond donors (Lipinski definition) is 0. The summed E-state index contributed by atoms with van der Waals surface area (Å²) in [7, 11) is 0. The molecule has 11 heavy (non-hydrogen) atoms. The molecule has 0 saturated heterocycles. The molecule has 0 amide bonds. The number of rotatable bonds is 1. The minimum atomic E-state index is 0.595. The van der Waals surface area contributed by atoms with Gasteiger partial charge in [-0.2, -0.15) is 0 Å². The van der Waals surface area contributed by atoms with Gasteiger partial charge in [0.2, 0.25) is 0 Å². The summed E-state index contributed by atoms with van der Waals surface area (Å²) in [6, 6.07) is 0. The van der Waals surface area contributed by atoms with Crippen molar-refractivity contribution in [2.75, 3.05) is 0 Å². The number of fused-ring (bicyclic) bond motifs is 1. The molecule has 56 valence electrons. The summed E-state index contributed by atoms with van der Waals surface area (Å²) in [5.74, 6) is 0.595. The van der Waals surface area contributed by atoms with Crippen LogP contribution in [0.25, 0.3) is 0 Å². The SMILES string of the molecule is CCC1C=CC2=CC=NC2=C1. The van der Waals surface area contributed by atoms with Crippen LogP contribution in [-0.4, -0.2) is 6.21 Å². The van der Waals surface area contributed by atoms with Crippen LogP contribution in [0.5, 0.6) is 0 Å². The van der Waals surface area contributed by atoms with Gasteiger partial charge >= 0.3 is 0 Å². The average Bonchev–Trinajstić information content (AvgIpc) is 2.50. The topological polar surface area (TPSA) is 12.4 Å². The number of nitrogens with zero attached hydrogens (tertiary/aromatic N) is 1. The Morgan fingerprint density at radius 2 is 2.45 bits per heavy atom. The highest BCUT2D eigenvalue weighted by molar-refractivity contribution is 5.81. The van der Waals surface area contributed by atoms with Gasteiger partial charge in [0.25, 0.3) is 0 Å². The molecule has 0 aromatic rings. The van der Waals surface area contributed by atoms with Crippen LogP contribution in [0.1, 0.15) is 13.3 Å². The Hall–Kier alpha value is -1.11. The smallest absolute Gasteiger partial charge is 0.0668 e. The van der Waals surface area contributed by atoms with Gasteiger partial charge in [-0.15, -0.1) is 0 Å². The third-order valence-corrected chi connectivity index (χ3v) is 2.13. The first kappa shape index (κ1) is 6.59. The molecular weight excluding hydrogens is 134 g/mol. The van der Waals surface area contributed by atoms with E-state index in [1.165, 1.54) is 12.0 Å². The molecule has 1 atom stereocenters. The van der Waals surface area contributed by atoms with Crippen molar-refractivity contribution in [1.29, 1.82) is 0 Å². The molecule has 0 N–H and O–H groups in total. The summed E-state index contributed by atoms with van der Waals surface area (Å²) in [5.41, 5.74) is 2.41. The fraction of sp³-hybridized carbons (Fsp3) is 0.300. The van der Waals surface area contributed by atoms with E-state index in [9.17, 15) is 0 Å². The number of aliphatic imine (C=N–C) groups is 1. The van der Waals surface area contributed by atoms with Crippen LogP contribution in [-0.2, 0) is 0 Å². The maximum atomic E-state index is 4.25. The summed E-state index contributed by atoms with van der Waals surface area (Å²) in [6.45, 7) is 2.19. The highest BCUT2D eigenvalue weighted by atomic mass is 14.8. The average molecular weight is 145 g/mol. The van der Waals surface area contributed by atoms with E-state index in [1.54, 1.807) is 0 Å². The quantitative estimate of drug-likeness (QED) is 0.537. The van der Waals surface area contributed by atoms with Gasteiger partial charge in [0.05, 0.1) is 5.70 Å². The fourth-order valence-electron chi connectivity index (χ4n) is 1.38. The van der Waals surface area contributed by atoms with E-state index in [4.69, 9.17) is 0 Å². The maximum Gasteiger partial charge on any atom is 0.0668 e. The molecule has 1 nitrogen and oxygen atoms in total. The predicted octanol–water partition coefficient (Wildman–Crippen LogP) is 2.48. The van der Waals surface area contributed by atoms with Gasteiger partial charge in [-0.25, -0.2) is 0 Å². The molecular formula is C10H11N. The maximum absolute atomic E-state index is 4.25. The second-order valence-corrected chi connectivity index (χ2v) is 2.88. The van der Waals surface area contributed by atoms with E-state index < -0.39 is 0 Å². The highest BCUT2D eigenvalue weighted by Crippen LogP contribution is 2.26. The van der Waals surface area contributed by atoms with Crippen LogP contribution in [0.15, 0.2) is 40.6 Å². The van der Waals surface area contributed by atoms with Crippen LogP contribution in [0.2, 0.25) is 0 Å². The highest BCUT2D eigenvalue weighted by Gasteiger charge is 2.11. The second kappa shape index (κ2) is 2.50. The predicted molar refractivity (Wildman–Crippen MR) is 47.6 cm³/mol. The zero-order valence-corrected chi connectivity index (χ0v) is 6.62. The van der Waals surface area contributed by atoms with Gasteiger partial charge < -0.3 is 0 Å². The lowest BCUT2D eigenvalue weighted by Crippen LogP contribution is -1.96. The summed E-state index contributed by atoms with van der Waals surface area (Å²) < 4.78 is 0. The van der Waals surface area contributed by atoms with E-state index in [1.807, 2.05) is 12.3 Å². The van der Waals surface area contributed by atoms with E-state index in [2.05, 4.69) is 30.1 Å². The van der Waals surface area contributed by atoms with E-state index in [0.717, 1.165) is 5.70 Å². The van der Waals surface area contributed by atoms with Crippen LogP contribution in [0.3, 0.4) is 0 Å². The molecule has 1 heteroatoms. The monoisotopic (exact) mass is 145 g/mol. The van der Waals surface area contributed by atoms with Gasteiger partial charge in [-0.3, -0.25) is 4.99 Å². The Kier molecular flexibility index (Phi) is 1.50. The molecule has 2 rings (SSSR count). The van der Waals surface area contributed by atoms with Gasteiger partial charge in [0.15, 0.2) is 0 Å². The molecule has 1 aliphatic heterocycles. The molecule has 1 unspecified atom stereocenters. The first-order chi connectivity index (χ1) is 5.40. The van der Waals surface area contributed by atoms with Crippen molar-refractivity contribution in [2.45, 2.75) is 13.3 Å². The van der Waals surface area contributed by atoms with Gasteiger partial charge in [-0.1, -0.05) is 25.2 Å². The van der Waals surface area contributed by atoms with E-state index >= 15 is 0 Å². The van der Waals surface area contributed by atoms with Crippen molar-refractivity contribution < 1.29 is 0 Å². The molecule has 0 bridgehead atoms. The van der Waals surface area contributed by atoms with Crippen LogP contribution in [0.4, 0.5) is 0 Å². The minimum absolute atomic E-state index is 0.595. The molecule has 0 radical (unpaired) electrons. The van der Waals surface area contributed by atoms with Gasteiger partial charge in [0.1, 0.15) is 0 Å². The Morgan fingerprint density at radius 3 is 3.27 bits per heavy atom. The molecule has 0 aromatic carbocycles. The van der Waals surface area contributed by atoms with Crippen LogP contribution < -0.4 is 0 Å². The second-order valence-electron chi connectivity index (χ2n) is 2.88. The molecule has 0 fully saturated rings. The molecule has 0 spiro atoms. The molecule has 1 aliphatic carbocycles. The van der Waals surface area contributed by atoms with Crippen molar-refractivity contribution in [3.63, 3.8) is 0 Å². The summed E-state index contributed by atoms with van der Waals surface area (Å²) in [5, 5.41) is 0. The largest absolute Gasteiger partial charge is 0.257 e. The minimum Gasteiger partial charge on any atom is -0.257 e. The first-order valence-electron chi connectivity index (χ1n) is 4.05. The first-order valence-corrected chi connectivity index (χ1v) is 4.05. The van der Waals surface area contributed by atoms with Crippen molar-refractivity contribution in [3.05, 3.63) is 35.6 Å². The Bertz CT molecular complexity index is 279. The lowest BCUT2D eigenvalue weighted by molar-refractivity contribution is 0.761. The van der Waals surface area contributed by atoms with Gasteiger partial charge in [-0.05, 0) is 18.4 Å². The standard InChI is InChI=1S/C10H11N/c1-2-8-3-4-9-5-6-11-10(9)7-8/h3-8H,2H2,1H3. The zero-order chi connectivity index (χ0) is 7.68. The Morgan fingerprint density at radius 1 is 1.55 bits per heavy atom. The van der Waals surface area contributed by atoms with Crippen LogP contribution >= 0.6 is 0 Å². The van der Waals surface area contributed by atoms with Gasteiger partial charge in [0, 0.05) is 11.8 Å². The number of allylic oxidation sites excluding steroid dienone is 4. The van der Waals surface area contributed by atoms with E-state index in [-0.39, 0.29) is 0 Å². The Labute approximate surface area is 66.8 Å². The van der Waals surface area contributed by atoms with Crippen molar-refractivity contribution in [2.24, 2.45) is 10.9 Å². The zero-order valence-electron chi connectivity index (χ0n) is 6.62. The summed E-state index contributed by atoms with van der Waals surface area (Å²) in [4.78, 5) is 4.25. The molecule has 0 saturated carbocycles. The molecule has 1 heterocycles. The third kappa shape index (κ3) is 1.07. The molecule has 0 aromatic heterocycles. The Balaban J connectivity index is 2.30. The normalized spacial score (nSPS) is 26.5.